The molecule has 1 aromatic carbocycles. The predicted molar refractivity (Wildman–Crippen MR) is 72.2 cm³/mol. The third-order valence-electron chi connectivity index (χ3n) is 3.00. The monoisotopic (exact) mass is 244 g/mol. The van der Waals surface area contributed by atoms with Crippen LogP contribution in [0.4, 0.5) is 0 Å². The Morgan fingerprint density at radius 2 is 2.11 bits per heavy atom. The summed E-state index contributed by atoms with van der Waals surface area (Å²) < 4.78 is 0. The number of rotatable bonds is 7. The number of nitrogens with zero attached hydrogens (tertiary/aromatic N) is 2. The molecule has 2 aromatic rings. The van der Waals surface area contributed by atoms with Gasteiger partial charge in [0.15, 0.2) is 0 Å². The molecule has 0 spiro atoms. The number of aromatic amines is 1. The molecule has 1 heterocycles. The Hall–Kier alpha value is -1.68. The van der Waals surface area contributed by atoms with Gasteiger partial charge in [0, 0.05) is 0 Å². The summed E-state index contributed by atoms with van der Waals surface area (Å²) in [5, 5.41) is 14.3. The van der Waals surface area contributed by atoms with E-state index in [0.717, 1.165) is 31.5 Å². The average molecular weight is 244 g/mol. The second kappa shape index (κ2) is 6.91. The molecule has 4 heteroatoms. The standard InChI is InChI=1S/C14H20N4/c1-2-10-15-13(14-11-16-18-17-14)9-8-12-6-4-3-5-7-12/h3-7,11,13,15H,2,8-10H2,1H3,(H,16,17,18). The summed E-state index contributed by atoms with van der Waals surface area (Å²) in [6.45, 7) is 3.18. The molecular formula is C14H20N4. The predicted octanol–water partition coefficient (Wildman–Crippen LogP) is 2.48. The molecule has 0 aliphatic rings. The summed E-state index contributed by atoms with van der Waals surface area (Å²) in [6.07, 6.45) is 5.02. The molecule has 1 aromatic heterocycles. The van der Waals surface area contributed by atoms with Gasteiger partial charge in [-0.15, -0.1) is 0 Å². The molecule has 0 saturated heterocycles. The van der Waals surface area contributed by atoms with E-state index in [0.29, 0.717) is 0 Å². The summed E-state index contributed by atoms with van der Waals surface area (Å²) in [7, 11) is 0. The molecule has 2 rings (SSSR count). The first kappa shape index (κ1) is 12.8. The van der Waals surface area contributed by atoms with Gasteiger partial charge in [0.25, 0.3) is 0 Å². The largest absolute Gasteiger partial charge is 0.309 e. The molecule has 0 fully saturated rings. The zero-order valence-electron chi connectivity index (χ0n) is 10.8. The van der Waals surface area contributed by atoms with Gasteiger partial charge in [-0.3, -0.25) is 0 Å². The third kappa shape index (κ3) is 3.67. The molecule has 18 heavy (non-hydrogen) atoms. The van der Waals surface area contributed by atoms with Crippen LogP contribution in [0.15, 0.2) is 36.5 Å². The summed E-state index contributed by atoms with van der Waals surface area (Å²) in [5.41, 5.74) is 2.36. The number of aryl methyl sites for hydroxylation is 1. The second-order valence-electron chi connectivity index (χ2n) is 4.43. The third-order valence-corrected chi connectivity index (χ3v) is 3.00. The number of benzene rings is 1. The van der Waals surface area contributed by atoms with Crippen LogP contribution in [0.1, 0.15) is 37.1 Å². The lowest BCUT2D eigenvalue weighted by molar-refractivity contribution is 0.488. The number of hydrogen-bond donors (Lipinski definition) is 2. The number of aromatic nitrogens is 3. The zero-order valence-corrected chi connectivity index (χ0v) is 10.8. The highest BCUT2D eigenvalue weighted by atomic mass is 15.3. The van der Waals surface area contributed by atoms with Crippen LogP contribution in [0.5, 0.6) is 0 Å². The molecule has 0 radical (unpaired) electrons. The van der Waals surface area contributed by atoms with E-state index in [4.69, 9.17) is 0 Å². The summed E-state index contributed by atoms with van der Waals surface area (Å²) in [5.74, 6) is 0. The lowest BCUT2D eigenvalue weighted by Gasteiger charge is -2.15. The fraction of sp³-hybridized carbons (Fsp3) is 0.429. The van der Waals surface area contributed by atoms with Crippen molar-refractivity contribution in [2.24, 2.45) is 0 Å². The van der Waals surface area contributed by atoms with Crippen molar-refractivity contribution in [1.82, 2.24) is 20.7 Å². The maximum atomic E-state index is 4.18. The van der Waals surface area contributed by atoms with E-state index in [2.05, 4.69) is 51.9 Å². The van der Waals surface area contributed by atoms with Crippen molar-refractivity contribution in [1.29, 1.82) is 0 Å². The number of nitrogens with one attached hydrogen (secondary N) is 2. The Morgan fingerprint density at radius 3 is 2.78 bits per heavy atom. The van der Waals surface area contributed by atoms with Crippen LogP contribution in [0.25, 0.3) is 0 Å². The van der Waals surface area contributed by atoms with Gasteiger partial charge in [0.05, 0.1) is 17.9 Å². The van der Waals surface area contributed by atoms with Crippen molar-refractivity contribution >= 4 is 0 Å². The van der Waals surface area contributed by atoms with Crippen LogP contribution in [-0.2, 0) is 6.42 Å². The molecule has 4 nitrogen and oxygen atoms in total. The molecule has 0 saturated carbocycles. The Kier molecular flexibility index (Phi) is 4.90. The topological polar surface area (TPSA) is 53.6 Å². The van der Waals surface area contributed by atoms with E-state index in [1.165, 1.54) is 5.56 Å². The Labute approximate surface area is 108 Å². The molecular weight excluding hydrogens is 224 g/mol. The van der Waals surface area contributed by atoms with Gasteiger partial charge in [0.1, 0.15) is 0 Å². The quantitative estimate of drug-likeness (QED) is 0.786. The second-order valence-corrected chi connectivity index (χ2v) is 4.43. The fourth-order valence-electron chi connectivity index (χ4n) is 2.01. The fourth-order valence-corrected chi connectivity index (χ4v) is 2.01. The van der Waals surface area contributed by atoms with Crippen molar-refractivity contribution in [3.8, 4) is 0 Å². The first-order valence-electron chi connectivity index (χ1n) is 6.53. The maximum Gasteiger partial charge on any atom is 0.0993 e. The molecule has 96 valence electrons. The van der Waals surface area contributed by atoms with Crippen LogP contribution in [0.3, 0.4) is 0 Å². The minimum Gasteiger partial charge on any atom is -0.309 e. The van der Waals surface area contributed by atoms with E-state index in [1.54, 1.807) is 6.20 Å². The minimum absolute atomic E-state index is 0.281. The van der Waals surface area contributed by atoms with Gasteiger partial charge >= 0.3 is 0 Å². The molecule has 1 unspecified atom stereocenters. The molecule has 0 aliphatic heterocycles. The van der Waals surface area contributed by atoms with Crippen LogP contribution in [0, 0.1) is 0 Å². The number of H-pyrrole nitrogens is 1. The first-order chi connectivity index (χ1) is 8.90. The van der Waals surface area contributed by atoms with Gasteiger partial charge in [-0.2, -0.15) is 15.4 Å². The van der Waals surface area contributed by atoms with Gasteiger partial charge in [0.2, 0.25) is 0 Å². The van der Waals surface area contributed by atoms with Crippen LogP contribution in [-0.4, -0.2) is 22.0 Å². The van der Waals surface area contributed by atoms with E-state index in [-0.39, 0.29) is 6.04 Å². The maximum absolute atomic E-state index is 4.18. The van der Waals surface area contributed by atoms with Gasteiger partial charge in [-0.1, -0.05) is 37.3 Å². The van der Waals surface area contributed by atoms with Crippen LogP contribution in [0.2, 0.25) is 0 Å². The highest BCUT2D eigenvalue weighted by Crippen LogP contribution is 2.16. The summed E-state index contributed by atoms with van der Waals surface area (Å²) in [6, 6.07) is 10.8. The lowest BCUT2D eigenvalue weighted by atomic mass is 10.0. The average Bonchev–Trinajstić information content (AvgIpc) is 2.94. The van der Waals surface area contributed by atoms with E-state index >= 15 is 0 Å². The Morgan fingerprint density at radius 1 is 1.28 bits per heavy atom. The summed E-state index contributed by atoms with van der Waals surface area (Å²) in [4.78, 5) is 0. The zero-order chi connectivity index (χ0) is 12.6. The highest BCUT2D eigenvalue weighted by molar-refractivity contribution is 5.15. The molecule has 2 N–H and O–H groups in total. The Balaban J connectivity index is 1.93. The van der Waals surface area contributed by atoms with Crippen molar-refractivity contribution in [2.75, 3.05) is 6.54 Å². The number of hydrogen-bond acceptors (Lipinski definition) is 3. The first-order valence-corrected chi connectivity index (χ1v) is 6.53. The normalized spacial score (nSPS) is 12.5. The lowest BCUT2D eigenvalue weighted by Crippen LogP contribution is -2.23. The van der Waals surface area contributed by atoms with E-state index in [1.807, 2.05) is 6.07 Å². The Bertz CT molecular complexity index is 424. The van der Waals surface area contributed by atoms with Gasteiger partial charge in [-0.25, -0.2) is 0 Å². The van der Waals surface area contributed by atoms with Crippen LogP contribution >= 0.6 is 0 Å². The van der Waals surface area contributed by atoms with E-state index in [9.17, 15) is 0 Å². The van der Waals surface area contributed by atoms with Crippen LogP contribution < -0.4 is 5.32 Å². The molecule has 0 bridgehead atoms. The highest BCUT2D eigenvalue weighted by Gasteiger charge is 2.13. The molecule has 0 amide bonds. The van der Waals surface area contributed by atoms with Gasteiger partial charge < -0.3 is 5.32 Å². The molecule has 0 aliphatic carbocycles. The minimum atomic E-state index is 0.281. The van der Waals surface area contributed by atoms with E-state index < -0.39 is 0 Å². The van der Waals surface area contributed by atoms with Crippen molar-refractivity contribution in [3.63, 3.8) is 0 Å². The van der Waals surface area contributed by atoms with Crippen molar-refractivity contribution < 1.29 is 0 Å². The summed E-state index contributed by atoms with van der Waals surface area (Å²) >= 11 is 0. The smallest absolute Gasteiger partial charge is 0.0993 e. The van der Waals surface area contributed by atoms with Crippen molar-refractivity contribution in [2.45, 2.75) is 32.2 Å². The SMILES string of the molecule is CCCNC(CCc1ccccc1)c1cn[nH]n1. The van der Waals surface area contributed by atoms with Crippen molar-refractivity contribution in [3.05, 3.63) is 47.8 Å². The molecule has 1 atom stereocenters. The van der Waals surface area contributed by atoms with Gasteiger partial charge in [-0.05, 0) is 31.4 Å².